The van der Waals surface area contributed by atoms with Crippen molar-refractivity contribution in [3.8, 4) is 0 Å². The van der Waals surface area contributed by atoms with Crippen LogP contribution in [0.15, 0.2) is 30.8 Å². The zero-order valence-electron chi connectivity index (χ0n) is 23.0. The van der Waals surface area contributed by atoms with Crippen LogP contribution >= 0.6 is 11.8 Å². The fourth-order valence-corrected chi connectivity index (χ4v) is 4.50. The number of hydrogen-bond donors (Lipinski definition) is 2. The molecule has 7 nitrogen and oxygen atoms in total. The molecule has 4 unspecified atom stereocenters. The number of nitrogens with zero attached hydrogens (tertiary/aromatic N) is 1. The number of nitrogens with one attached hydrogen (secondary N) is 2. The first kappa shape index (κ1) is 29.7. The molecule has 0 saturated heterocycles. The SMILES string of the molecule is C=Cc1cccc(C(C(=O)NC(C)(C)C)N(C(=O)C(CCSC)NC(=O)OC(C)(C)C)C2CC2C)c1. The molecule has 8 heteroatoms. The van der Waals surface area contributed by atoms with Crippen molar-refractivity contribution in [3.05, 3.63) is 42.0 Å². The average molecular weight is 518 g/mol. The minimum Gasteiger partial charge on any atom is -0.444 e. The molecule has 0 heterocycles. The summed E-state index contributed by atoms with van der Waals surface area (Å²) < 4.78 is 5.45. The van der Waals surface area contributed by atoms with Crippen LogP contribution in [0.25, 0.3) is 6.08 Å². The smallest absolute Gasteiger partial charge is 0.408 e. The first-order chi connectivity index (χ1) is 16.7. The van der Waals surface area contributed by atoms with E-state index in [2.05, 4.69) is 24.1 Å². The molecule has 1 aromatic carbocycles. The fraction of sp³-hybridized carbons (Fsp3) is 0.607. The molecule has 0 spiro atoms. The predicted octanol–water partition coefficient (Wildman–Crippen LogP) is 5.17. The van der Waals surface area contributed by atoms with Gasteiger partial charge in [0.2, 0.25) is 11.8 Å². The first-order valence-electron chi connectivity index (χ1n) is 12.5. The molecule has 200 valence electrons. The number of carbonyl (C=O) groups is 3. The number of thioether (sulfide) groups is 1. The highest BCUT2D eigenvalue weighted by Gasteiger charge is 2.48. The Bertz CT molecular complexity index is 951. The highest BCUT2D eigenvalue weighted by Crippen LogP contribution is 2.41. The van der Waals surface area contributed by atoms with Gasteiger partial charge in [-0.1, -0.05) is 37.8 Å². The molecule has 3 amide bonds. The van der Waals surface area contributed by atoms with Gasteiger partial charge in [0.15, 0.2) is 0 Å². The molecule has 1 saturated carbocycles. The van der Waals surface area contributed by atoms with E-state index in [9.17, 15) is 14.4 Å². The second-order valence-corrected chi connectivity index (χ2v) is 12.5. The molecule has 0 aromatic heterocycles. The Kier molecular flexibility index (Phi) is 10.1. The molecule has 0 radical (unpaired) electrons. The van der Waals surface area contributed by atoms with Crippen molar-refractivity contribution >= 4 is 35.7 Å². The highest BCUT2D eigenvalue weighted by molar-refractivity contribution is 7.98. The Labute approximate surface area is 220 Å². The minimum absolute atomic E-state index is 0.0992. The van der Waals surface area contributed by atoms with Gasteiger partial charge in [-0.3, -0.25) is 9.59 Å². The van der Waals surface area contributed by atoms with Crippen molar-refractivity contribution in [3.63, 3.8) is 0 Å². The summed E-state index contributed by atoms with van der Waals surface area (Å²) in [5.41, 5.74) is 0.398. The molecule has 1 aliphatic carbocycles. The van der Waals surface area contributed by atoms with E-state index >= 15 is 0 Å². The summed E-state index contributed by atoms with van der Waals surface area (Å²) in [5, 5.41) is 5.86. The lowest BCUT2D eigenvalue weighted by Gasteiger charge is -2.36. The summed E-state index contributed by atoms with van der Waals surface area (Å²) in [7, 11) is 0. The molecule has 2 rings (SSSR count). The van der Waals surface area contributed by atoms with Crippen LogP contribution < -0.4 is 10.6 Å². The Morgan fingerprint density at radius 3 is 2.36 bits per heavy atom. The molecule has 1 aromatic rings. The van der Waals surface area contributed by atoms with Crippen molar-refractivity contribution in [1.82, 2.24) is 15.5 Å². The number of carbonyl (C=O) groups excluding carboxylic acids is 3. The average Bonchev–Trinajstić information content (AvgIpc) is 3.47. The minimum atomic E-state index is -0.844. The third kappa shape index (κ3) is 8.87. The van der Waals surface area contributed by atoms with Crippen LogP contribution in [0.3, 0.4) is 0 Å². The van der Waals surface area contributed by atoms with E-state index < -0.39 is 29.3 Å². The molecular formula is C28H43N3O4S. The van der Waals surface area contributed by atoms with E-state index in [1.807, 2.05) is 51.3 Å². The Morgan fingerprint density at radius 1 is 1.22 bits per heavy atom. The molecule has 2 N–H and O–H groups in total. The van der Waals surface area contributed by atoms with Crippen LogP contribution in [0, 0.1) is 5.92 Å². The van der Waals surface area contributed by atoms with Gasteiger partial charge in [0, 0.05) is 11.6 Å². The molecule has 1 aliphatic rings. The van der Waals surface area contributed by atoms with Crippen LogP contribution in [0.4, 0.5) is 4.79 Å². The van der Waals surface area contributed by atoms with Crippen LogP contribution in [0.2, 0.25) is 0 Å². The summed E-state index contributed by atoms with van der Waals surface area (Å²) in [4.78, 5) is 42.2. The van der Waals surface area contributed by atoms with E-state index in [1.165, 1.54) is 0 Å². The van der Waals surface area contributed by atoms with Gasteiger partial charge < -0.3 is 20.3 Å². The van der Waals surface area contributed by atoms with Crippen LogP contribution in [-0.4, -0.2) is 58.0 Å². The zero-order valence-corrected chi connectivity index (χ0v) is 23.8. The molecule has 0 aliphatic heterocycles. The van der Waals surface area contributed by atoms with Gasteiger partial charge in [-0.2, -0.15) is 11.8 Å². The molecule has 0 bridgehead atoms. The van der Waals surface area contributed by atoms with Gasteiger partial charge in [-0.15, -0.1) is 0 Å². The topological polar surface area (TPSA) is 87.7 Å². The summed E-state index contributed by atoms with van der Waals surface area (Å²) in [6, 6.07) is 5.78. The summed E-state index contributed by atoms with van der Waals surface area (Å²) in [6.07, 6.45) is 4.26. The number of amides is 3. The largest absolute Gasteiger partial charge is 0.444 e. The van der Waals surface area contributed by atoms with Crippen molar-refractivity contribution in [2.24, 2.45) is 5.92 Å². The van der Waals surface area contributed by atoms with Crippen LogP contribution in [0.1, 0.15) is 78.5 Å². The number of ether oxygens (including phenoxy) is 1. The number of benzene rings is 1. The lowest BCUT2D eigenvalue weighted by atomic mass is 9.98. The lowest BCUT2D eigenvalue weighted by molar-refractivity contribution is -0.144. The normalized spacial score (nSPS) is 19.0. The summed E-state index contributed by atoms with van der Waals surface area (Å²) >= 11 is 1.59. The molecular weight excluding hydrogens is 474 g/mol. The lowest BCUT2D eigenvalue weighted by Crippen LogP contribution is -2.55. The fourth-order valence-electron chi connectivity index (χ4n) is 4.03. The van der Waals surface area contributed by atoms with Gasteiger partial charge in [0.1, 0.15) is 17.7 Å². The first-order valence-corrected chi connectivity index (χ1v) is 13.9. The van der Waals surface area contributed by atoms with E-state index in [4.69, 9.17) is 4.74 Å². The van der Waals surface area contributed by atoms with Crippen molar-refractivity contribution in [1.29, 1.82) is 0 Å². The van der Waals surface area contributed by atoms with Crippen LogP contribution in [0.5, 0.6) is 0 Å². The van der Waals surface area contributed by atoms with E-state index in [0.717, 1.165) is 12.0 Å². The van der Waals surface area contributed by atoms with E-state index in [-0.39, 0.29) is 23.8 Å². The zero-order chi connectivity index (χ0) is 27.3. The Balaban J connectivity index is 2.52. The Hall–Kier alpha value is -2.48. The van der Waals surface area contributed by atoms with Crippen molar-refractivity contribution in [2.75, 3.05) is 12.0 Å². The van der Waals surface area contributed by atoms with E-state index in [0.29, 0.717) is 17.7 Å². The Morgan fingerprint density at radius 2 is 1.86 bits per heavy atom. The third-order valence-electron chi connectivity index (χ3n) is 5.77. The van der Waals surface area contributed by atoms with E-state index in [1.54, 1.807) is 43.5 Å². The summed E-state index contributed by atoms with van der Waals surface area (Å²) in [6.45, 7) is 17.0. The second kappa shape index (κ2) is 12.2. The van der Waals surface area contributed by atoms with Crippen LogP contribution in [-0.2, 0) is 14.3 Å². The standard InChI is InChI=1S/C28H43N3O4S/c1-10-19-12-11-13-20(17-19)23(24(32)30-27(3,4)5)31(22-16-18(22)2)25(33)21(14-15-36-9)29-26(34)35-28(6,7)8/h10-13,17-18,21-23H,1,14-16H2,2-9H3,(H,29,34)(H,30,32). The van der Waals surface area contributed by atoms with Crippen molar-refractivity contribution in [2.45, 2.75) is 90.6 Å². The summed E-state index contributed by atoms with van der Waals surface area (Å²) in [5.74, 6) is 0.397. The monoisotopic (exact) mass is 517 g/mol. The van der Waals surface area contributed by atoms with Gasteiger partial charge in [0.25, 0.3) is 0 Å². The number of hydrogen-bond acceptors (Lipinski definition) is 5. The van der Waals surface area contributed by atoms with Gasteiger partial charge in [-0.25, -0.2) is 4.79 Å². The van der Waals surface area contributed by atoms with Gasteiger partial charge >= 0.3 is 6.09 Å². The predicted molar refractivity (Wildman–Crippen MR) is 148 cm³/mol. The van der Waals surface area contributed by atoms with Gasteiger partial charge in [0.05, 0.1) is 0 Å². The highest BCUT2D eigenvalue weighted by atomic mass is 32.2. The quantitative estimate of drug-likeness (QED) is 0.447. The van der Waals surface area contributed by atoms with Crippen molar-refractivity contribution < 1.29 is 19.1 Å². The maximum absolute atomic E-state index is 14.2. The maximum Gasteiger partial charge on any atom is 0.408 e. The van der Waals surface area contributed by atoms with Gasteiger partial charge in [-0.05, 0) is 89.5 Å². The third-order valence-corrected chi connectivity index (χ3v) is 6.41. The maximum atomic E-state index is 14.2. The molecule has 1 fully saturated rings. The molecule has 4 atom stereocenters. The molecule has 36 heavy (non-hydrogen) atoms. The number of alkyl carbamates (subject to hydrolysis) is 1. The second-order valence-electron chi connectivity index (χ2n) is 11.5. The number of rotatable bonds is 10.